The number of hydrogen-bond donors (Lipinski definition) is 2. The van der Waals surface area contributed by atoms with Gasteiger partial charge in [-0.1, -0.05) is 0 Å². The Labute approximate surface area is 118 Å². The normalized spacial score (nSPS) is 17.2. The van der Waals surface area contributed by atoms with E-state index >= 15 is 0 Å². The number of rotatable bonds is 2. The van der Waals surface area contributed by atoms with E-state index in [1.807, 2.05) is 12.1 Å². The fourth-order valence-electron chi connectivity index (χ4n) is 1.87. The minimum atomic E-state index is -0.361. The van der Waals surface area contributed by atoms with Gasteiger partial charge in [-0.05, 0) is 54.2 Å². The average Bonchev–Trinajstić information content (AvgIpc) is 3.02. The lowest BCUT2D eigenvalue weighted by molar-refractivity contribution is -0.113. The molecule has 2 heterocycles. The van der Waals surface area contributed by atoms with Gasteiger partial charge < -0.3 is 10.1 Å². The third-order valence-electron chi connectivity index (χ3n) is 2.81. The van der Waals surface area contributed by atoms with Crippen molar-refractivity contribution in [2.45, 2.75) is 0 Å². The quantitative estimate of drug-likeness (QED) is 0.832. The van der Waals surface area contributed by atoms with Crippen molar-refractivity contribution in [2.24, 2.45) is 0 Å². The molecule has 2 amide bonds. The van der Waals surface area contributed by atoms with Crippen LogP contribution in [-0.2, 0) is 4.79 Å². The maximum atomic E-state index is 12.3. The lowest BCUT2D eigenvalue weighted by Crippen LogP contribution is -2.27. The van der Waals surface area contributed by atoms with Gasteiger partial charge in [0.15, 0.2) is 0 Å². The van der Waals surface area contributed by atoms with Crippen molar-refractivity contribution >= 4 is 34.7 Å². The number of aromatic hydroxyl groups is 1. The Kier molecular flexibility index (Phi) is 3.08. The molecule has 1 aromatic heterocycles. The number of hydrogen-bond acceptors (Lipinski definition) is 4. The molecule has 0 spiro atoms. The van der Waals surface area contributed by atoms with E-state index in [4.69, 9.17) is 0 Å². The van der Waals surface area contributed by atoms with E-state index < -0.39 is 0 Å². The third kappa shape index (κ3) is 2.21. The number of aromatic nitrogens is 1. The van der Waals surface area contributed by atoms with Crippen molar-refractivity contribution < 1.29 is 14.7 Å². The van der Waals surface area contributed by atoms with Crippen LogP contribution < -0.4 is 4.90 Å². The fraction of sp³-hybridized carbons (Fsp3) is 0. The molecule has 1 saturated heterocycles. The maximum Gasteiger partial charge on any atom is 0.298 e. The molecule has 1 aromatic carbocycles. The molecule has 0 saturated carbocycles. The highest BCUT2D eigenvalue weighted by molar-refractivity contribution is 8.19. The molecule has 2 aromatic rings. The Hall–Kier alpha value is -2.47. The predicted molar refractivity (Wildman–Crippen MR) is 77.3 cm³/mol. The standard InChI is InChI=1S/C14H10N2O3S/c17-11-5-3-10(4-6-11)16-13(18)12(20-14(16)19)8-9-2-1-7-15-9/h1-8,15,17H/b12-8+. The van der Waals surface area contributed by atoms with Crippen LogP contribution in [0.1, 0.15) is 5.69 Å². The zero-order valence-corrected chi connectivity index (χ0v) is 11.1. The van der Waals surface area contributed by atoms with Gasteiger partial charge in [0.2, 0.25) is 0 Å². The molecule has 0 unspecified atom stereocenters. The lowest BCUT2D eigenvalue weighted by atomic mass is 10.2. The summed E-state index contributed by atoms with van der Waals surface area (Å²) in [6.07, 6.45) is 3.39. The Morgan fingerprint density at radius 3 is 2.55 bits per heavy atom. The van der Waals surface area contributed by atoms with Crippen LogP contribution in [0.2, 0.25) is 0 Å². The van der Waals surface area contributed by atoms with E-state index in [1.54, 1.807) is 12.3 Å². The summed E-state index contributed by atoms with van der Waals surface area (Å²) in [6.45, 7) is 0. The van der Waals surface area contributed by atoms with Crippen molar-refractivity contribution in [3.8, 4) is 5.75 Å². The van der Waals surface area contributed by atoms with Gasteiger partial charge in [-0.15, -0.1) is 0 Å². The van der Waals surface area contributed by atoms with E-state index in [9.17, 15) is 14.7 Å². The summed E-state index contributed by atoms with van der Waals surface area (Å²) in [5.41, 5.74) is 1.21. The van der Waals surface area contributed by atoms with Crippen LogP contribution in [0, 0.1) is 0 Å². The van der Waals surface area contributed by atoms with Gasteiger partial charge in [0.1, 0.15) is 5.75 Å². The fourth-order valence-corrected chi connectivity index (χ4v) is 2.70. The number of amides is 2. The van der Waals surface area contributed by atoms with Crippen LogP contribution in [0.15, 0.2) is 47.5 Å². The summed E-state index contributed by atoms with van der Waals surface area (Å²) in [5, 5.41) is 8.90. The van der Waals surface area contributed by atoms with Gasteiger partial charge in [-0.25, -0.2) is 4.90 Å². The molecule has 1 aliphatic rings. The average molecular weight is 286 g/mol. The second kappa shape index (κ2) is 4.90. The Morgan fingerprint density at radius 1 is 1.15 bits per heavy atom. The summed E-state index contributed by atoms with van der Waals surface area (Å²) in [6, 6.07) is 9.57. The Bertz CT molecular complexity index is 690. The molecule has 0 radical (unpaired) electrons. The number of nitrogens with one attached hydrogen (secondary N) is 1. The number of nitrogens with zero attached hydrogens (tertiary/aromatic N) is 1. The van der Waals surface area contributed by atoms with Crippen LogP contribution in [0.5, 0.6) is 5.75 Å². The molecule has 1 fully saturated rings. The second-order valence-corrected chi connectivity index (χ2v) is 5.15. The topological polar surface area (TPSA) is 73.4 Å². The van der Waals surface area contributed by atoms with Crippen LogP contribution in [-0.4, -0.2) is 21.2 Å². The summed E-state index contributed by atoms with van der Waals surface area (Å²) in [7, 11) is 0. The molecule has 0 aliphatic carbocycles. The smallest absolute Gasteiger partial charge is 0.298 e. The van der Waals surface area contributed by atoms with E-state index in [-0.39, 0.29) is 16.9 Å². The van der Waals surface area contributed by atoms with E-state index in [0.29, 0.717) is 10.6 Å². The van der Waals surface area contributed by atoms with E-state index in [1.165, 1.54) is 24.3 Å². The number of H-pyrrole nitrogens is 1. The number of thioether (sulfide) groups is 1. The highest BCUT2D eigenvalue weighted by atomic mass is 32.2. The molecule has 100 valence electrons. The highest BCUT2D eigenvalue weighted by Gasteiger charge is 2.36. The molecule has 20 heavy (non-hydrogen) atoms. The third-order valence-corrected chi connectivity index (χ3v) is 3.68. The largest absolute Gasteiger partial charge is 0.508 e. The number of aromatic amines is 1. The number of carbonyl (C=O) groups excluding carboxylic acids is 2. The van der Waals surface area contributed by atoms with Crippen molar-refractivity contribution in [3.63, 3.8) is 0 Å². The maximum absolute atomic E-state index is 12.3. The summed E-state index contributed by atoms with van der Waals surface area (Å²) in [4.78, 5) is 28.6. The number of carbonyl (C=O) groups is 2. The molecule has 2 N–H and O–H groups in total. The van der Waals surface area contributed by atoms with Crippen molar-refractivity contribution in [1.29, 1.82) is 0 Å². The van der Waals surface area contributed by atoms with Crippen LogP contribution >= 0.6 is 11.8 Å². The Morgan fingerprint density at radius 2 is 1.90 bits per heavy atom. The summed E-state index contributed by atoms with van der Waals surface area (Å²) >= 11 is 0.895. The number of phenols is 1. The van der Waals surface area contributed by atoms with Crippen molar-refractivity contribution in [2.75, 3.05) is 4.90 Å². The molecule has 0 atom stereocenters. The first-order valence-electron chi connectivity index (χ1n) is 5.85. The zero-order valence-electron chi connectivity index (χ0n) is 10.2. The van der Waals surface area contributed by atoms with Gasteiger partial charge >= 0.3 is 0 Å². The second-order valence-electron chi connectivity index (χ2n) is 4.16. The highest BCUT2D eigenvalue weighted by Crippen LogP contribution is 2.35. The summed E-state index contributed by atoms with van der Waals surface area (Å²) < 4.78 is 0. The van der Waals surface area contributed by atoms with E-state index in [0.717, 1.165) is 22.4 Å². The first-order chi connectivity index (χ1) is 9.65. The van der Waals surface area contributed by atoms with Crippen LogP contribution in [0.4, 0.5) is 10.5 Å². The van der Waals surface area contributed by atoms with Crippen LogP contribution in [0.25, 0.3) is 6.08 Å². The molecule has 5 nitrogen and oxygen atoms in total. The SMILES string of the molecule is O=C1S/C(=C/c2ccc[nH]2)C(=O)N1c1ccc(O)cc1. The molecule has 0 bridgehead atoms. The Balaban J connectivity index is 1.93. The first-order valence-corrected chi connectivity index (χ1v) is 6.67. The molecular weight excluding hydrogens is 276 g/mol. The number of anilines is 1. The van der Waals surface area contributed by atoms with Gasteiger partial charge in [0.25, 0.3) is 11.1 Å². The molecule has 6 heteroatoms. The van der Waals surface area contributed by atoms with E-state index in [2.05, 4.69) is 4.98 Å². The van der Waals surface area contributed by atoms with Gasteiger partial charge in [-0.2, -0.15) is 0 Å². The number of phenolic OH excluding ortho intramolecular Hbond substituents is 1. The molecular formula is C14H10N2O3S. The monoisotopic (exact) mass is 286 g/mol. The predicted octanol–water partition coefficient (Wildman–Crippen LogP) is 2.96. The minimum Gasteiger partial charge on any atom is -0.508 e. The van der Waals surface area contributed by atoms with Crippen LogP contribution in [0.3, 0.4) is 0 Å². The number of benzene rings is 1. The molecule has 1 aliphatic heterocycles. The summed E-state index contributed by atoms with van der Waals surface area (Å²) in [5.74, 6) is -0.275. The molecule has 3 rings (SSSR count). The first kappa shape index (κ1) is 12.6. The van der Waals surface area contributed by atoms with Gasteiger partial charge in [0.05, 0.1) is 10.6 Å². The minimum absolute atomic E-state index is 0.0858. The van der Waals surface area contributed by atoms with Gasteiger partial charge in [-0.3, -0.25) is 9.59 Å². The van der Waals surface area contributed by atoms with Gasteiger partial charge in [0, 0.05) is 11.9 Å². The lowest BCUT2D eigenvalue weighted by Gasteiger charge is -2.11. The number of imide groups is 1. The van der Waals surface area contributed by atoms with Crippen molar-refractivity contribution in [1.82, 2.24) is 4.98 Å². The zero-order chi connectivity index (χ0) is 14.1. The van der Waals surface area contributed by atoms with Crippen molar-refractivity contribution in [3.05, 3.63) is 53.2 Å².